The lowest BCUT2D eigenvalue weighted by atomic mass is 10.0. The highest BCUT2D eigenvalue weighted by molar-refractivity contribution is 8.08. The predicted molar refractivity (Wildman–Crippen MR) is 153 cm³/mol. The lowest BCUT2D eigenvalue weighted by molar-refractivity contribution is 0.404. The Balaban J connectivity index is 1.65. The van der Waals surface area contributed by atoms with E-state index in [9.17, 15) is 0 Å². The van der Waals surface area contributed by atoms with Crippen LogP contribution in [-0.2, 0) is 3.63 Å². The van der Waals surface area contributed by atoms with Crippen molar-refractivity contribution in [2.45, 2.75) is 9.79 Å². The smallest absolute Gasteiger partial charge is 0.126 e. The first-order chi connectivity index (χ1) is 18.0. The van der Waals surface area contributed by atoms with E-state index in [4.69, 9.17) is 45.8 Å². The number of rotatable bonds is 10. The summed E-state index contributed by atoms with van der Waals surface area (Å²) in [6.07, 6.45) is 0. The molecule has 0 bridgehead atoms. The average molecular weight is 576 g/mol. The molecule has 0 radical (unpaired) electrons. The number of benzene rings is 4. The van der Waals surface area contributed by atoms with Gasteiger partial charge in [-0.2, -0.15) is 0 Å². The predicted octanol–water partition coefficient (Wildman–Crippen LogP) is 9.09. The molecule has 0 spiro atoms. The van der Waals surface area contributed by atoms with Gasteiger partial charge in [-0.05, 0) is 72.8 Å². The highest BCUT2D eigenvalue weighted by atomic mass is 35.5. The van der Waals surface area contributed by atoms with Gasteiger partial charge in [-0.15, -0.1) is 0 Å². The van der Waals surface area contributed by atoms with E-state index < -0.39 is 0 Å². The molecule has 0 saturated carbocycles. The highest BCUT2D eigenvalue weighted by Crippen LogP contribution is 2.45. The molecule has 4 aromatic carbocycles. The van der Waals surface area contributed by atoms with Crippen molar-refractivity contribution in [3.8, 4) is 45.3 Å². The second-order valence-electron chi connectivity index (χ2n) is 7.65. The van der Waals surface area contributed by atoms with E-state index in [0.29, 0.717) is 33.0 Å². The second-order valence-corrected chi connectivity index (χ2v) is 10.3. The molecular weight excluding hydrogens is 551 g/mol. The van der Waals surface area contributed by atoms with Crippen molar-refractivity contribution in [1.82, 2.24) is 0 Å². The van der Waals surface area contributed by atoms with Crippen LogP contribution >= 0.6 is 47.3 Å². The Morgan fingerprint density at radius 1 is 0.486 bits per heavy atom. The van der Waals surface area contributed by atoms with Crippen LogP contribution in [0.15, 0.2) is 82.6 Å². The Morgan fingerprint density at radius 2 is 0.919 bits per heavy atom. The standard InChI is InChI=1S/C28H24Cl2O5S2/c1-31-19-7-9-25(33-3)21(15-19)23-13-17(29)5-11-27(23)36-35-37-28-12-6-18(30)14-24(28)22-16-20(32-2)8-10-26(22)34-4/h5-16H,1-4H3. The average Bonchev–Trinajstić information content (AvgIpc) is 2.93. The summed E-state index contributed by atoms with van der Waals surface area (Å²) in [5.41, 5.74) is 3.40. The molecule has 5 nitrogen and oxygen atoms in total. The minimum absolute atomic E-state index is 0.599. The number of methoxy groups -OCH3 is 4. The largest absolute Gasteiger partial charge is 0.497 e. The number of hydrogen-bond donors (Lipinski definition) is 0. The van der Waals surface area contributed by atoms with Gasteiger partial charge in [0.1, 0.15) is 23.0 Å². The Bertz CT molecular complexity index is 1290. The van der Waals surface area contributed by atoms with E-state index in [2.05, 4.69) is 0 Å². The monoisotopic (exact) mass is 574 g/mol. The van der Waals surface area contributed by atoms with Gasteiger partial charge in [-0.1, -0.05) is 23.2 Å². The molecule has 0 aliphatic carbocycles. The minimum Gasteiger partial charge on any atom is -0.497 e. The Morgan fingerprint density at radius 3 is 1.30 bits per heavy atom. The van der Waals surface area contributed by atoms with Gasteiger partial charge in [0.05, 0.1) is 28.4 Å². The molecule has 4 aromatic rings. The summed E-state index contributed by atoms with van der Waals surface area (Å²) in [6, 6.07) is 22.5. The van der Waals surface area contributed by atoms with Crippen molar-refractivity contribution in [2.24, 2.45) is 0 Å². The number of halogens is 2. The van der Waals surface area contributed by atoms with Crippen molar-refractivity contribution in [2.75, 3.05) is 28.4 Å². The first-order valence-electron chi connectivity index (χ1n) is 11.0. The third-order valence-electron chi connectivity index (χ3n) is 5.52. The van der Waals surface area contributed by atoms with Crippen LogP contribution in [0.5, 0.6) is 23.0 Å². The molecule has 0 saturated heterocycles. The van der Waals surface area contributed by atoms with Gasteiger partial charge in [-0.25, -0.2) is 3.63 Å². The maximum absolute atomic E-state index is 6.36. The fourth-order valence-corrected chi connectivity index (χ4v) is 5.54. The van der Waals surface area contributed by atoms with Gasteiger partial charge in [0, 0.05) is 66.2 Å². The Kier molecular flexibility index (Phi) is 9.40. The van der Waals surface area contributed by atoms with E-state index >= 15 is 0 Å². The van der Waals surface area contributed by atoms with Crippen molar-refractivity contribution in [1.29, 1.82) is 0 Å². The lowest BCUT2D eigenvalue weighted by Crippen LogP contribution is -1.92. The lowest BCUT2D eigenvalue weighted by Gasteiger charge is -2.15. The SMILES string of the molecule is COc1ccc(OC)c(-c2cc(Cl)ccc2SOSc2ccc(Cl)cc2-c2cc(OC)ccc2OC)c1. The van der Waals surface area contributed by atoms with Gasteiger partial charge in [0.25, 0.3) is 0 Å². The number of hydrogen-bond acceptors (Lipinski definition) is 7. The maximum atomic E-state index is 6.36. The van der Waals surface area contributed by atoms with Crippen molar-refractivity contribution < 1.29 is 22.6 Å². The minimum atomic E-state index is 0.599. The summed E-state index contributed by atoms with van der Waals surface area (Å²) >= 11 is 15.2. The van der Waals surface area contributed by atoms with Crippen molar-refractivity contribution >= 4 is 47.3 Å². The molecule has 0 amide bonds. The molecule has 0 atom stereocenters. The Hall–Kier alpha value is -2.68. The van der Waals surface area contributed by atoms with E-state index in [-0.39, 0.29) is 0 Å². The molecule has 0 N–H and O–H groups in total. The molecule has 0 unspecified atom stereocenters. The summed E-state index contributed by atoms with van der Waals surface area (Å²) < 4.78 is 28.1. The normalized spacial score (nSPS) is 10.8. The first-order valence-corrected chi connectivity index (χ1v) is 13.3. The summed E-state index contributed by atoms with van der Waals surface area (Å²) in [5.74, 6) is 2.81. The van der Waals surface area contributed by atoms with E-state index in [0.717, 1.165) is 32.0 Å². The van der Waals surface area contributed by atoms with Crippen LogP contribution in [0.4, 0.5) is 0 Å². The zero-order chi connectivity index (χ0) is 26.4. The van der Waals surface area contributed by atoms with Crippen LogP contribution in [0.25, 0.3) is 22.3 Å². The van der Waals surface area contributed by atoms with Crippen LogP contribution in [-0.4, -0.2) is 28.4 Å². The molecule has 0 fully saturated rings. The first kappa shape index (κ1) is 27.4. The summed E-state index contributed by atoms with van der Waals surface area (Å²) in [6.45, 7) is 0. The van der Waals surface area contributed by atoms with Gasteiger partial charge < -0.3 is 18.9 Å². The molecule has 0 aliphatic heterocycles. The third kappa shape index (κ3) is 6.43. The zero-order valence-corrected chi connectivity index (χ0v) is 23.7. The molecule has 0 aliphatic rings. The maximum Gasteiger partial charge on any atom is 0.126 e. The van der Waals surface area contributed by atoms with E-state index in [1.165, 1.54) is 24.1 Å². The van der Waals surface area contributed by atoms with E-state index in [1.54, 1.807) is 28.4 Å². The van der Waals surface area contributed by atoms with Crippen LogP contribution < -0.4 is 18.9 Å². The van der Waals surface area contributed by atoms with Gasteiger partial charge >= 0.3 is 0 Å². The summed E-state index contributed by atoms with van der Waals surface area (Å²) in [5, 5.41) is 1.20. The summed E-state index contributed by atoms with van der Waals surface area (Å²) in [7, 11) is 6.51. The third-order valence-corrected chi connectivity index (χ3v) is 7.61. The quantitative estimate of drug-likeness (QED) is 0.175. The van der Waals surface area contributed by atoms with Gasteiger partial charge in [0.15, 0.2) is 0 Å². The molecule has 37 heavy (non-hydrogen) atoms. The second kappa shape index (κ2) is 12.7. The molecule has 9 heteroatoms. The van der Waals surface area contributed by atoms with Crippen LogP contribution in [0.2, 0.25) is 10.0 Å². The van der Waals surface area contributed by atoms with E-state index in [1.807, 2.05) is 72.8 Å². The molecular formula is C28H24Cl2O5S2. The Labute approximate surface area is 235 Å². The highest BCUT2D eigenvalue weighted by Gasteiger charge is 2.17. The van der Waals surface area contributed by atoms with Crippen LogP contribution in [0.1, 0.15) is 0 Å². The topological polar surface area (TPSA) is 46.2 Å². The zero-order valence-electron chi connectivity index (χ0n) is 20.5. The van der Waals surface area contributed by atoms with Gasteiger partial charge in [-0.3, -0.25) is 0 Å². The fraction of sp³-hybridized carbons (Fsp3) is 0.143. The summed E-state index contributed by atoms with van der Waals surface area (Å²) in [4.78, 5) is 1.72. The van der Waals surface area contributed by atoms with Crippen LogP contribution in [0, 0.1) is 0 Å². The molecule has 4 rings (SSSR count). The van der Waals surface area contributed by atoms with Crippen LogP contribution in [0.3, 0.4) is 0 Å². The van der Waals surface area contributed by atoms with Gasteiger partial charge in [0.2, 0.25) is 0 Å². The van der Waals surface area contributed by atoms with Crippen molar-refractivity contribution in [3.63, 3.8) is 0 Å². The van der Waals surface area contributed by atoms with Crippen molar-refractivity contribution in [3.05, 3.63) is 82.8 Å². The molecule has 0 aromatic heterocycles. The number of ether oxygens (including phenoxy) is 4. The fourth-order valence-electron chi connectivity index (χ4n) is 3.71. The molecule has 192 valence electrons. The molecule has 0 heterocycles.